The van der Waals surface area contributed by atoms with E-state index >= 15 is 0 Å². The molecule has 1 amide bonds. The number of furan rings is 1. The zero-order valence-corrected chi connectivity index (χ0v) is 22.1. The van der Waals surface area contributed by atoms with Crippen LogP contribution in [0.3, 0.4) is 0 Å². The quantitative estimate of drug-likeness (QED) is 0.380. The number of amides is 1. The molecule has 200 valence electrons. The minimum atomic E-state index is -0.556. The third kappa shape index (κ3) is 6.97. The molecule has 9 nitrogen and oxygen atoms in total. The van der Waals surface area contributed by atoms with Gasteiger partial charge in [0.25, 0.3) is 0 Å². The smallest absolute Gasteiger partial charge is 0.410 e. The number of nitriles is 1. The zero-order chi connectivity index (χ0) is 27.3. The molecule has 2 aromatic carbocycles. The number of likely N-dealkylation sites (tertiary alicyclic amines) is 1. The number of benzene rings is 2. The van der Waals surface area contributed by atoms with Gasteiger partial charge in [0.15, 0.2) is 6.61 Å². The van der Waals surface area contributed by atoms with Crippen LogP contribution in [0.1, 0.15) is 44.1 Å². The van der Waals surface area contributed by atoms with Crippen LogP contribution < -0.4 is 9.47 Å². The molecule has 0 bridgehead atoms. The van der Waals surface area contributed by atoms with E-state index in [1.807, 2.05) is 39.0 Å². The number of carbonyl (C=O) groups excluding carboxylic acids is 2. The summed E-state index contributed by atoms with van der Waals surface area (Å²) in [7, 11) is 1.31. The topological polar surface area (TPSA) is 111 Å². The summed E-state index contributed by atoms with van der Waals surface area (Å²) in [6, 6.07) is 14.9. The molecule has 1 fully saturated rings. The number of hydrogen-bond donors (Lipinski definition) is 0. The Morgan fingerprint density at radius 3 is 2.68 bits per heavy atom. The predicted octanol–water partition coefficient (Wildman–Crippen LogP) is 5.03. The van der Waals surface area contributed by atoms with Crippen molar-refractivity contribution in [2.45, 2.75) is 51.7 Å². The summed E-state index contributed by atoms with van der Waals surface area (Å²) >= 11 is 0. The standard InChI is InChI=1S/C29H32N2O7/c1-29(2,3)38-28(33)31-12-11-24(17-31)36-23-9-7-20(26(15-23)35-18-27(32)34-4)6-8-22-14-21-13-19(16-30)5-10-25(21)37-22/h5,7,9-10,13-15,24H,6,8,11-12,17-18H2,1-4H3/t24-/m0/s1. The molecule has 1 aromatic heterocycles. The SMILES string of the molecule is COC(=O)COc1cc(O[C@H]2CCN(C(=O)OC(C)(C)C)C2)ccc1CCc1cc2cc(C#N)ccc2o1. The van der Waals surface area contributed by atoms with E-state index in [-0.39, 0.29) is 18.8 Å². The van der Waals surface area contributed by atoms with Crippen molar-refractivity contribution in [3.8, 4) is 17.6 Å². The summed E-state index contributed by atoms with van der Waals surface area (Å²) in [5, 5.41) is 10.00. The number of hydrogen-bond acceptors (Lipinski definition) is 8. The zero-order valence-electron chi connectivity index (χ0n) is 22.1. The van der Waals surface area contributed by atoms with E-state index in [0.717, 1.165) is 22.3 Å². The van der Waals surface area contributed by atoms with Crippen LogP contribution in [-0.2, 0) is 27.1 Å². The molecule has 4 rings (SSSR count). The lowest BCUT2D eigenvalue weighted by Crippen LogP contribution is -2.36. The number of aryl methyl sites for hydroxylation is 2. The molecular weight excluding hydrogens is 488 g/mol. The lowest BCUT2D eigenvalue weighted by atomic mass is 10.1. The second kappa shape index (κ2) is 11.5. The van der Waals surface area contributed by atoms with Crippen LogP contribution in [0.2, 0.25) is 0 Å². The Balaban J connectivity index is 1.44. The second-order valence-corrected chi connectivity index (χ2v) is 10.2. The Hall–Kier alpha value is -4.19. The monoisotopic (exact) mass is 520 g/mol. The molecule has 0 radical (unpaired) electrons. The van der Waals surface area contributed by atoms with Gasteiger partial charge in [-0.15, -0.1) is 0 Å². The van der Waals surface area contributed by atoms with Crippen molar-refractivity contribution in [2.24, 2.45) is 0 Å². The number of esters is 1. The van der Waals surface area contributed by atoms with Crippen molar-refractivity contribution in [2.75, 3.05) is 26.8 Å². The van der Waals surface area contributed by atoms with Crippen molar-refractivity contribution < 1.29 is 33.0 Å². The van der Waals surface area contributed by atoms with Crippen LogP contribution in [0.5, 0.6) is 11.5 Å². The van der Waals surface area contributed by atoms with Gasteiger partial charge < -0.3 is 28.3 Å². The fourth-order valence-electron chi connectivity index (χ4n) is 4.20. The largest absolute Gasteiger partial charge is 0.488 e. The van der Waals surface area contributed by atoms with Gasteiger partial charge >= 0.3 is 12.1 Å². The van der Waals surface area contributed by atoms with Gasteiger partial charge in [0, 0.05) is 30.8 Å². The first-order valence-electron chi connectivity index (χ1n) is 12.5. The lowest BCUT2D eigenvalue weighted by Gasteiger charge is -2.24. The maximum Gasteiger partial charge on any atom is 0.410 e. The minimum Gasteiger partial charge on any atom is -0.488 e. The van der Waals surface area contributed by atoms with Gasteiger partial charge in [0.05, 0.1) is 25.3 Å². The number of nitrogens with zero attached hydrogens (tertiary/aromatic N) is 2. The van der Waals surface area contributed by atoms with Crippen LogP contribution in [0.4, 0.5) is 4.79 Å². The van der Waals surface area contributed by atoms with Crippen molar-refractivity contribution in [3.63, 3.8) is 0 Å². The maximum absolute atomic E-state index is 12.4. The summed E-state index contributed by atoms with van der Waals surface area (Å²) in [5.74, 6) is 1.38. The Morgan fingerprint density at radius 2 is 1.95 bits per heavy atom. The molecule has 9 heteroatoms. The van der Waals surface area contributed by atoms with E-state index < -0.39 is 11.6 Å². The second-order valence-electron chi connectivity index (χ2n) is 10.2. The lowest BCUT2D eigenvalue weighted by molar-refractivity contribution is -0.142. The first-order valence-corrected chi connectivity index (χ1v) is 12.5. The predicted molar refractivity (Wildman–Crippen MR) is 139 cm³/mol. The molecule has 1 aliphatic rings. The molecule has 38 heavy (non-hydrogen) atoms. The first kappa shape index (κ1) is 26.9. The van der Waals surface area contributed by atoms with Crippen molar-refractivity contribution in [3.05, 3.63) is 59.4 Å². The van der Waals surface area contributed by atoms with Crippen LogP contribution in [0, 0.1) is 11.3 Å². The van der Waals surface area contributed by atoms with Gasteiger partial charge in [0.1, 0.15) is 34.5 Å². The summed E-state index contributed by atoms with van der Waals surface area (Å²) in [6.45, 7) is 6.26. The fourth-order valence-corrected chi connectivity index (χ4v) is 4.20. The Labute approximate surface area is 221 Å². The highest BCUT2D eigenvalue weighted by Crippen LogP contribution is 2.30. The molecule has 3 aromatic rings. The van der Waals surface area contributed by atoms with Gasteiger partial charge in [0.2, 0.25) is 0 Å². The number of fused-ring (bicyclic) bond motifs is 1. The molecule has 0 unspecified atom stereocenters. The van der Waals surface area contributed by atoms with Crippen LogP contribution in [0.25, 0.3) is 11.0 Å². The highest BCUT2D eigenvalue weighted by atomic mass is 16.6. The third-order valence-electron chi connectivity index (χ3n) is 6.05. The summed E-state index contributed by atoms with van der Waals surface area (Å²) in [4.78, 5) is 25.7. The third-order valence-corrected chi connectivity index (χ3v) is 6.05. The average molecular weight is 521 g/mol. The minimum absolute atomic E-state index is 0.185. The summed E-state index contributed by atoms with van der Waals surface area (Å²) in [6.07, 6.45) is 1.33. The van der Waals surface area contributed by atoms with Crippen LogP contribution in [0.15, 0.2) is 46.9 Å². The summed E-state index contributed by atoms with van der Waals surface area (Å²) < 4.78 is 28.0. The molecule has 0 saturated carbocycles. The molecule has 1 aliphatic heterocycles. The van der Waals surface area contributed by atoms with Gasteiger partial charge in [-0.05, 0) is 63.1 Å². The Morgan fingerprint density at radius 1 is 1.13 bits per heavy atom. The molecule has 1 saturated heterocycles. The normalized spacial score (nSPS) is 15.2. The van der Waals surface area contributed by atoms with Crippen LogP contribution in [-0.4, -0.2) is 55.5 Å². The number of ether oxygens (including phenoxy) is 4. The Kier molecular flexibility index (Phi) is 8.10. The van der Waals surface area contributed by atoms with Crippen molar-refractivity contribution >= 4 is 23.0 Å². The van der Waals surface area contributed by atoms with E-state index in [0.29, 0.717) is 49.4 Å². The number of carbonyl (C=O) groups is 2. The van der Waals surface area contributed by atoms with Crippen LogP contribution >= 0.6 is 0 Å². The van der Waals surface area contributed by atoms with Gasteiger partial charge in [-0.1, -0.05) is 6.07 Å². The van der Waals surface area contributed by atoms with E-state index in [1.54, 1.807) is 29.2 Å². The fraction of sp³-hybridized carbons (Fsp3) is 0.414. The molecule has 1 atom stereocenters. The number of rotatable bonds is 8. The molecular formula is C29H32N2O7. The van der Waals surface area contributed by atoms with Gasteiger partial charge in [-0.2, -0.15) is 5.26 Å². The maximum atomic E-state index is 12.4. The van der Waals surface area contributed by atoms with E-state index in [9.17, 15) is 9.59 Å². The highest BCUT2D eigenvalue weighted by Gasteiger charge is 2.31. The summed E-state index contributed by atoms with van der Waals surface area (Å²) in [5.41, 5.74) is 1.62. The molecule has 0 spiro atoms. The van der Waals surface area contributed by atoms with Gasteiger partial charge in [-0.25, -0.2) is 9.59 Å². The van der Waals surface area contributed by atoms with E-state index in [4.69, 9.17) is 28.6 Å². The Bertz CT molecular complexity index is 1350. The van der Waals surface area contributed by atoms with Crippen molar-refractivity contribution in [1.82, 2.24) is 4.90 Å². The van der Waals surface area contributed by atoms with Crippen molar-refractivity contribution in [1.29, 1.82) is 5.26 Å². The molecule has 0 N–H and O–H groups in total. The molecule has 0 aliphatic carbocycles. The van der Waals surface area contributed by atoms with Gasteiger partial charge in [-0.3, -0.25) is 0 Å². The highest BCUT2D eigenvalue weighted by molar-refractivity contribution is 5.79. The molecule has 2 heterocycles. The first-order chi connectivity index (χ1) is 18.1. The van der Waals surface area contributed by atoms with E-state index in [2.05, 4.69) is 6.07 Å². The van der Waals surface area contributed by atoms with E-state index in [1.165, 1.54) is 7.11 Å². The number of methoxy groups -OCH3 is 1. The average Bonchev–Trinajstić information content (AvgIpc) is 3.51.